The van der Waals surface area contributed by atoms with Crippen molar-refractivity contribution >= 4 is 34.5 Å². The minimum absolute atomic E-state index is 0.115. The van der Waals surface area contributed by atoms with Crippen molar-refractivity contribution in [1.82, 2.24) is 15.2 Å². The maximum Gasteiger partial charge on any atom is 0.258 e. The second kappa shape index (κ2) is 13.0. The number of hydrogen-bond acceptors (Lipinski definition) is 6. The normalized spacial score (nSPS) is 16.6. The summed E-state index contributed by atoms with van der Waals surface area (Å²) in [6, 6.07) is 27.2. The number of rotatable bonds is 9. The molecule has 8 nitrogen and oxygen atoms in total. The van der Waals surface area contributed by atoms with E-state index >= 15 is 0 Å². The smallest absolute Gasteiger partial charge is 0.258 e. The molecule has 2 amide bonds. The third-order valence-electron chi connectivity index (χ3n) is 7.88. The molecule has 0 saturated carbocycles. The van der Waals surface area contributed by atoms with Crippen molar-refractivity contribution in [2.24, 2.45) is 0 Å². The van der Waals surface area contributed by atoms with Gasteiger partial charge in [-0.1, -0.05) is 49.4 Å². The number of carbonyl (C=O) groups excluding carboxylic acids is 2. The first kappa shape index (κ1) is 28.3. The van der Waals surface area contributed by atoms with Crippen LogP contribution in [0.2, 0.25) is 0 Å². The van der Waals surface area contributed by atoms with Gasteiger partial charge in [-0.15, -0.1) is 0 Å². The standard InChI is InChI=1S/C35H35N5O3/c1-2-30(25-7-4-3-5-8-25)38-34(41)26-12-15-31-29(21-26)32(35(42)39-31)33(27-9-6-16-36-22-27)37-28-13-10-24(11-14-28)23-40-17-19-43-20-18-40/h3-16,21-22,30,37H,2,17-20,23H2,1H3,(H,38,41)(H,39,42)/b33-32-/t30-/m1/s1. The molecule has 3 N–H and O–H groups in total. The SMILES string of the molecule is CC[C@@H](NC(=O)c1ccc2c(c1)/C(=C(/Nc1ccc(CN3CCOCC3)cc1)c1cccnc1)C(=O)N2)c1ccccc1. The first-order chi connectivity index (χ1) is 21.1. The summed E-state index contributed by atoms with van der Waals surface area (Å²) in [5.41, 5.74) is 6.78. The molecule has 1 aromatic heterocycles. The number of ether oxygens (including phenoxy) is 1. The Hall–Kier alpha value is -4.79. The van der Waals surface area contributed by atoms with Crippen molar-refractivity contribution in [1.29, 1.82) is 0 Å². The van der Waals surface area contributed by atoms with Crippen LogP contribution in [0.15, 0.2) is 97.3 Å². The molecule has 1 atom stereocenters. The van der Waals surface area contributed by atoms with Gasteiger partial charge >= 0.3 is 0 Å². The van der Waals surface area contributed by atoms with Gasteiger partial charge in [-0.2, -0.15) is 0 Å². The number of anilines is 2. The van der Waals surface area contributed by atoms with Gasteiger partial charge in [0.25, 0.3) is 11.8 Å². The van der Waals surface area contributed by atoms with E-state index in [0.717, 1.165) is 56.1 Å². The largest absolute Gasteiger partial charge is 0.379 e. The van der Waals surface area contributed by atoms with E-state index in [1.807, 2.05) is 61.5 Å². The Morgan fingerprint density at radius 2 is 1.77 bits per heavy atom. The van der Waals surface area contributed by atoms with Crippen molar-refractivity contribution in [3.8, 4) is 0 Å². The Balaban J connectivity index is 1.31. The zero-order valence-corrected chi connectivity index (χ0v) is 24.2. The van der Waals surface area contributed by atoms with E-state index in [-0.39, 0.29) is 17.9 Å². The Morgan fingerprint density at radius 1 is 0.977 bits per heavy atom. The van der Waals surface area contributed by atoms with Crippen LogP contribution in [0.5, 0.6) is 0 Å². The Bertz CT molecular complexity index is 1610. The van der Waals surface area contributed by atoms with E-state index in [2.05, 4.69) is 38.0 Å². The molecule has 2 aliphatic heterocycles. The van der Waals surface area contributed by atoms with Crippen molar-refractivity contribution in [3.63, 3.8) is 0 Å². The summed E-state index contributed by atoms with van der Waals surface area (Å²) in [7, 11) is 0. The van der Waals surface area contributed by atoms with Crippen LogP contribution in [-0.2, 0) is 16.1 Å². The zero-order chi connectivity index (χ0) is 29.6. The van der Waals surface area contributed by atoms with Gasteiger partial charge in [-0.05, 0) is 60.0 Å². The summed E-state index contributed by atoms with van der Waals surface area (Å²) in [5.74, 6) is -0.428. The number of carbonyl (C=O) groups is 2. The summed E-state index contributed by atoms with van der Waals surface area (Å²) in [6.07, 6.45) is 4.19. The molecule has 43 heavy (non-hydrogen) atoms. The fourth-order valence-corrected chi connectivity index (χ4v) is 5.55. The zero-order valence-electron chi connectivity index (χ0n) is 24.2. The van der Waals surface area contributed by atoms with E-state index in [1.165, 1.54) is 5.56 Å². The number of morpholine rings is 1. The highest BCUT2D eigenvalue weighted by Gasteiger charge is 2.30. The van der Waals surface area contributed by atoms with Crippen LogP contribution in [0.1, 0.15) is 52.0 Å². The molecule has 0 bridgehead atoms. The number of fused-ring (bicyclic) bond motifs is 1. The van der Waals surface area contributed by atoms with Gasteiger partial charge in [0.05, 0.1) is 30.5 Å². The number of benzene rings is 3. The van der Waals surface area contributed by atoms with E-state index in [0.29, 0.717) is 28.1 Å². The lowest BCUT2D eigenvalue weighted by Crippen LogP contribution is -2.35. The highest BCUT2D eigenvalue weighted by atomic mass is 16.5. The highest BCUT2D eigenvalue weighted by Crippen LogP contribution is 2.38. The summed E-state index contributed by atoms with van der Waals surface area (Å²) < 4.78 is 5.47. The van der Waals surface area contributed by atoms with Crippen molar-refractivity contribution in [2.45, 2.75) is 25.9 Å². The molecule has 0 radical (unpaired) electrons. The lowest BCUT2D eigenvalue weighted by molar-refractivity contribution is -0.110. The molecule has 0 aliphatic carbocycles. The fourth-order valence-electron chi connectivity index (χ4n) is 5.55. The first-order valence-corrected chi connectivity index (χ1v) is 14.7. The molecular weight excluding hydrogens is 538 g/mol. The molecule has 0 spiro atoms. The van der Waals surface area contributed by atoms with Gasteiger partial charge in [0.15, 0.2) is 0 Å². The number of amides is 2. The van der Waals surface area contributed by atoms with Crippen LogP contribution in [0.3, 0.4) is 0 Å². The Kier molecular flexibility index (Phi) is 8.58. The van der Waals surface area contributed by atoms with Gasteiger partial charge in [0.2, 0.25) is 0 Å². The van der Waals surface area contributed by atoms with E-state index in [4.69, 9.17) is 4.74 Å². The summed E-state index contributed by atoms with van der Waals surface area (Å²) in [6.45, 7) is 6.30. The van der Waals surface area contributed by atoms with Gasteiger partial charge in [-0.25, -0.2) is 0 Å². The molecule has 0 unspecified atom stereocenters. The number of nitrogens with zero attached hydrogens (tertiary/aromatic N) is 2. The molecule has 3 heterocycles. The quantitative estimate of drug-likeness (QED) is 0.222. The number of nitrogens with one attached hydrogen (secondary N) is 3. The predicted molar refractivity (Wildman–Crippen MR) is 169 cm³/mol. The molecule has 1 saturated heterocycles. The molecule has 4 aromatic rings. The lowest BCUT2D eigenvalue weighted by Gasteiger charge is -2.26. The number of aromatic nitrogens is 1. The molecule has 6 rings (SSSR count). The van der Waals surface area contributed by atoms with Crippen LogP contribution in [-0.4, -0.2) is 48.0 Å². The maximum atomic E-state index is 13.5. The minimum Gasteiger partial charge on any atom is -0.379 e. The highest BCUT2D eigenvalue weighted by molar-refractivity contribution is 6.37. The number of hydrogen-bond donors (Lipinski definition) is 3. The maximum absolute atomic E-state index is 13.5. The topological polar surface area (TPSA) is 95.6 Å². The van der Waals surface area contributed by atoms with Gasteiger partial charge < -0.3 is 20.7 Å². The van der Waals surface area contributed by atoms with E-state index < -0.39 is 0 Å². The predicted octanol–water partition coefficient (Wildman–Crippen LogP) is 5.73. The molecule has 8 heteroatoms. The number of pyridine rings is 1. The van der Waals surface area contributed by atoms with Crippen molar-refractivity contribution in [3.05, 3.63) is 125 Å². The van der Waals surface area contributed by atoms with Crippen LogP contribution >= 0.6 is 0 Å². The van der Waals surface area contributed by atoms with Crippen LogP contribution in [0.25, 0.3) is 11.3 Å². The molecule has 218 valence electrons. The van der Waals surface area contributed by atoms with E-state index in [1.54, 1.807) is 30.6 Å². The first-order valence-electron chi connectivity index (χ1n) is 14.7. The van der Waals surface area contributed by atoms with Gasteiger partial charge in [-0.3, -0.25) is 19.5 Å². The minimum atomic E-state index is -0.237. The molecule has 2 aliphatic rings. The van der Waals surface area contributed by atoms with Crippen molar-refractivity contribution < 1.29 is 14.3 Å². The van der Waals surface area contributed by atoms with Gasteiger partial charge in [0, 0.05) is 60.1 Å². The molecule has 1 fully saturated rings. The van der Waals surface area contributed by atoms with Crippen LogP contribution in [0, 0.1) is 0 Å². The van der Waals surface area contributed by atoms with Crippen LogP contribution in [0.4, 0.5) is 11.4 Å². The fraction of sp³-hybridized carbons (Fsp3) is 0.229. The van der Waals surface area contributed by atoms with Crippen molar-refractivity contribution in [2.75, 3.05) is 36.9 Å². The summed E-state index contributed by atoms with van der Waals surface area (Å²) in [5, 5.41) is 9.63. The summed E-state index contributed by atoms with van der Waals surface area (Å²) >= 11 is 0. The lowest BCUT2D eigenvalue weighted by atomic mass is 9.98. The second-order valence-electron chi connectivity index (χ2n) is 10.8. The molecular formula is C35H35N5O3. The monoisotopic (exact) mass is 573 g/mol. The average molecular weight is 574 g/mol. The summed E-state index contributed by atoms with van der Waals surface area (Å²) in [4.78, 5) is 33.6. The Morgan fingerprint density at radius 3 is 2.49 bits per heavy atom. The van der Waals surface area contributed by atoms with Gasteiger partial charge in [0.1, 0.15) is 0 Å². The molecule has 3 aromatic carbocycles. The third kappa shape index (κ3) is 6.51. The average Bonchev–Trinajstić information content (AvgIpc) is 3.39. The third-order valence-corrected chi connectivity index (χ3v) is 7.88. The second-order valence-corrected chi connectivity index (χ2v) is 10.8. The van der Waals surface area contributed by atoms with E-state index in [9.17, 15) is 9.59 Å². The Labute approximate surface area is 251 Å². The van der Waals surface area contributed by atoms with Crippen LogP contribution < -0.4 is 16.0 Å².